The third-order valence-electron chi connectivity index (χ3n) is 4.04. The molecule has 3 aromatic rings. The molecule has 5 nitrogen and oxygen atoms in total. The SMILES string of the molecule is O=S(=O)(CCCc1nc(-c2cccc(C(F)(F)F)c2)no1)Cc1cccc(F)c1. The first kappa shape index (κ1) is 21.0. The Labute approximate surface area is 164 Å². The molecule has 0 aliphatic heterocycles. The summed E-state index contributed by atoms with van der Waals surface area (Å²) in [6, 6.07) is 9.88. The van der Waals surface area contributed by atoms with Gasteiger partial charge in [-0.25, -0.2) is 12.8 Å². The van der Waals surface area contributed by atoms with E-state index in [4.69, 9.17) is 4.52 Å². The van der Waals surface area contributed by atoms with Gasteiger partial charge >= 0.3 is 6.18 Å². The van der Waals surface area contributed by atoms with Gasteiger partial charge in [-0.3, -0.25) is 0 Å². The molecular weight excluding hydrogens is 412 g/mol. The zero-order chi connectivity index (χ0) is 21.1. The van der Waals surface area contributed by atoms with Crippen molar-refractivity contribution in [2.75, 3.05) is 5.75 Å². The monoisotopic (exact) mass is 428 g/mol. The van der Waals surface area contributed by atoms with Gasteiger partial charge in [-0.05, 0) is 36.2 Å². The molecule has 0 bridgehead atoms. The van der Waals surface area contributed by atoms with Crippen molar-refractivity contribution in [3.63, 3.8) is 0 Å². The average Bonchev–Trinajstić information content (AvgIpc) is 3.09. The molecule has 0 saturated carbocycles. The lowest BCUT2D eigenvalue weighted by Crippen LogP contribution is -2.10. The van der Waals surface area contributed by atoms with Crippen LogP contribution in [-0.2, 0) is 28.2 Å². The second-order valence-corrected chi connectivity index (χ2v) is 8.60. The van der Waals surface area contributed by atoms with Gasteiger partial charge < -0.3 is 4.52 Å². The van der Waals surface area contributed by atoms with Gasteiger partial charge in [0.25, 0.3) is 0 Å². The first-order valence-corrected chi connectivity index (χ1v) is 10.4. The van der Waals surface area contributed by atoms with Crippen LogP contribution in [0.15, 0.2) is 53.1 Å². The molecule has 0 spiro atoms. The number of alkyl halides is 3. The molecule has 0 aliphatic rings. The Bertz CT molecular complexity index is 1090. The molecule has 10 heteroatoms. The van der Waals surface area contributed by atoms with E-state index in [-0.39, 0.29) is 41.6 Å². The number of benzene rings is 2. The maximum absolute atomic E-state index is 13.2. The molecule has 0 unspecified atom stereocenters. The van der Waals surface area contributed by atoms with Crippen molar-refractivity contribution in [3.05, 3.63) is 71.4 Å². The maximum Gasteiger partial charge on any atom is 0.416 e. The van der Waals surface area contributed by atoms with E-state index in [1.165, 1.54) is 30.3 Å². The molecule has 3 rings (SSSR count). The second-order valence-electron chi connectivity index (χ2n) is 6.42. The minimum atomic E-state index is -4.49. The van der Waals surface area contributed by atoms with Crippen molar-refractivity contribution in [1.82, 2.24) is 10.1 Å². The second kappa shape index (κ2) is 8.32. The van der Waals surface area contributed by atoms with Crippen molar-refractivity contribution in [2.45, 2.75) is 24.8 Å². The molecular formula is C19H16F4N2O3S. The molecule has 0 fully saturated rings. The van der Waals surface area contributed by atoms with Crippen molar-refractivity contribution in [3.8, 4) is 11.4 Å². The van der Waals surface area contributed by atoms with Crippen LogP contribution in [0.3, 0.4) is 0 Å². The summed E-state index contributed by atoms with van der Waals surface area (Å²) in [5, 5.41) is 3.66. The molecule has 0 radical (unpaired) electrons. The lowest BCUT2D eigenvalue weighted by atomic mass is 10.1. The Morgan fingerprint density at radius 2 is 1.79 bits per heavy atom. The average molecular weight is 428 g/mol. The molecule has 0 saturated heterocycles. The fourth-order valence-corrected chi connectivity index (χ4v) is 4.12. The van der Waals surface area contributed by atoms with Crippen LogP contribution in [0.5, 0.6) is 0 Å². The number of aromatic nitrogens is 2. The number of hydrogen-bond donors (Lipinski definition) is 0. The number of hydrogen-bond acceptors (Lipinski definition) is 5. The van der Waals surface area contributed by atoms with Crippen molar-refractivity contribution >= 4 is 9.84 Å². The van der Waals surface area contributed by atoms with Crippen LogP contribution >= 0.6 is 0 Å². The van der Waals surface area contributed by atoms with E-state index in [1.807, 2.05) is 0 Å². The standard InChI is InChI=1S/C19H16F4N2O3S/c20-16-7-1-4-13(10-16)12-29(26,27)9-3-8-17-24-18(25-28-17)14-5-2-6-15(11-14)19(21,22)23/h1-2,4-7,10-11H,3,8-9,12H2. The van der Waals surface area contributed by atoms with Crippen molar-refractivity contribution in [1.29, 1.82) is 0 Å². The normalized spacial score (nSPS) is 12.3. The highest BCUT2D eigenvalue weighted by atomic mass is 32.2. The number of nitrogens with zero attached hydrogens (tertiary/aromatic N) is 2. The van der Waals surface area contributed by atoms with Gasteiger partial charge in [0.05, 0.1) is 17.1 Å². The molecule has 0 N–H and O–H groups in total. The minimum absolute atomic E-state index is 0.00582. The summed E-state index contributed by atoms with van der Waals surface area (Å²) in [6.45, 7) is 0. The van der Waals surface area contributed by atoms with E-state index in [1.54, 1.807) is 0 Å². The highest BCUT2D eigenvalue weighted by Crippen LogP contribution is 2.31. The minimum Gasteiger partial charge on any atom is -0.339 e. The third kappa shape index (κ3) is 5.86. The van der Waals surface area contributed by atoms with E-state index in [9.17, 15) is 26.0 Å². The fourth-order valence-electron chi connectivity index (χ4n) is 2.70. The zero-order valence-electron chi connectivity index (χ0n) is 15.0. The number of halogens is 4. The molecule has 0 aliphatic carbocycles. The van der Waals surface area contributed by atoms with Crippen LogP contribution in [0, 0.1) is 5.82 Å². The van der Waals surface area contributed by atoms with Crippen LogP contribution in [0.4, 0.5) is 17.6 Å². The highest BCUT2D eigenvalue weighted by molar-refractivity contribution is 7.90. The summed E-state index contributed by atoms with van der Waals surface area (Å²) in [7, 11) is -3.47. The predicted octanol–water partition coefficient (Wildman–Crippen LogP) is 4.44. The van der Waals surface area contributed by atoms with Gasteiger partial charge in [0.2, 0.25) is 11.7 Å². The smallest absolute Gasteiger partial charge is 0.339 e. The van der Waals surface area contributed by atoms with Crippen LogP contribution < -0.4 is 0 Å². The lowest BCUT2D eigenvalue weighted by Gasteiger charge is -2.06. The zero-order valence-corrected chi connectivity index (χ0v) is 15.8. The van der Waals surface area contributed by atoms with Crippen LogP contribution in [0.1, 0.15) is 23.4 Å². The summed E-state index contributed by atoms with van der Waals surface area (Å²) >= 11 is 0. The Morgan fingerprint density at radius 1 is 1.03 bits per heavy atom. The molecule has 0 amide bonds. The van der Waals surface area contributed by atoms with Crippen LogP contribution in [-0.4, -0.2) is 24.3 Å². The maximum atomic E-state index is 13.2. The molecule has 1 aromatic heterocycles. The molecule has 154 valence electrons. The van der Waals surface area contributed by atoms with E-state index < -0.39 is 27.4 Å². The largest absolute Gasteiger partial charge is 0.416 e. The summed E-state index contributed by atoms with van der Waals surface area (Å²) in [5.74, 6) is -0.854. The van der Waals surface area contributed by atoms with E-state index in [0.717, 1.165) is 18.2 Å². The van der Waals surface area contributed by atoms with Gasteiger partial charge in [-0.1, -0.05) is 29.4 Å². The van der Waals surface area contributed by atoms with Gasteiger partial charge in [0.15, 0.2) is 9.84 Å². The lowest BCUT2D eigenvalue weighted by molar-refractivity contribution is -0.137. The van der Waals surface area contributed by atoms with Crippen LogP contribution in [0.25, 0.3) is 11.4 Å². The first-order valence-electron chi connectivity index (χ1n) is 8.57. The van der Waals surface area contributed by atoms with Gasteiger partial charge in [-0.15, -0.1) is 0 Å². The number of aryl methyl sites for hydroxylation is 1. The quantitative estimate of drug-likeness (QED) is 0.520. The Kier molecular flexibility index (Phi) is 6.02. The van der Waals surface area contributed by atoms with Gasteiger partial charge in [0, 0.05) is 12.0 Å². The summed E-state index contributed by atoms with van der Waals surface area (Å²) < 4.78 is 80.9. The molecule has 0 atom stereocenters. The highest BCUT2D eigenvalue weighted by Gasteiger charge is 2.30. The Hall–Kier alpha value is -2.75. The Morgan fingerprint density at radius 3 is 2.52 bits per heavy atom. The van der Waals surface area contributed by atoms with Gasteiger partial charge in [0.1, 0.15) is 5.82 Å². The Balaban J connectivity index is 1.60. The molecule has 29 heavy (non-hydrogen) atoms. The molecule has 2 aromatic carbocycles. The topological polar surface area (TPSA) is 73.1 Å². The number of sulfone groups is 1. The van der Waals surface area contributed by atoms with Gasteiger partial charge in [-0.2, -0.15) is 18.2 Å². The van der Waals surface area contributed by atoms with Crippen molar-refractivity contribution in [2.24, 2.45) is 0 Å². The fraction of sp³-hybridized carbons (Fsp3) is 0.263. The summed E-state index contributed by atoms with van der Waals surface area (Å²) in [4.78, 5) is 4.03. The van der Waals surface area contributed by atoms with E-state index in [0.29, 0.717) is 5.56 Å². The van der Waals surface area contributed by atoms with E-state index in [2.05, 4.69) is 10.1 Å². The number of rotatable bonds is 7. The predicted molar refractivity (Wildman–Crippen MR) is 96.9 cm³/mol. The van der Waals surface area contributed by atoms with Crippen molar-refractivity contribution < 1.29 is 30.5 Å². The van der Waals surface area contributed by atoms with Crippen LogP contribution in [0.2, 0.25) is 0 Å². The third-order valence-corrected chi connectivity index (χ3v) is 5.72. The van der Waals surface area contributed by atoms with E-state index >= 15 is 0 Å². The first-order chi connectivity index (χ1) is 13.6. The molecule has 1 heterocycles. The summed E-state index contributed by atoms with van der Waals surface area (Å²) in [6.07, 6.45) is -4.16. The summed E-state index contributed by atoms with van der Waals surface area (Å²) in [5.41, 5.74) is -0.326.